The zero-order valence-corrected chi connectivity index (χ0v) is 6.12. The van der Waals surface area contributed by atoms with E-state index in [4.69, 9.17) is 5.73 Å². The molecule has 2 N–H and O–H groups in total. The van der Waals surface area contributed by atoms with Crippen molar-refractivity contribution in [1.82, 2.24) is 0 Å². The van der Waals surface area contributed by atoms with Gasteiger partial charge in [-0.15, -0.1) is 12.4 Å². The highest BCUT2D eigenvalue weighted by Gasteiger charge is 2.19. The molecule has 9 heavy (non-hydrogen) atoms. The minimum absolute atomic E-state index is 0. The Morgan fingerprint density at radius 3 is 2.00 bits per heavy atom. The molecule has 0 aromatic carbocycles. The highest BCUT2D eigenvalue weighted by molar-refractivity contribution is 5.85. The number of rotatable bonds is 1. The monoisotopic (exact) mass is 149 g/mol. The third-order valence-corrected chi connectivity index (χ3v) is 1.76. The molecule has 1 rings (SSSR count). The van der Waals surface area contributed by atoms with Gasteiger partial charge in [0.2, 0.25) is 5.91 Å². The molecular weight excluding hydrogens is 138 g/mol. The van der Waals surface area contributed by atoms with E-state index < -0.39 is 0 Å². The van der Waals surface area contributed by atoms with Crippen LogP contribution in [-0.4, -0.2) is 5.91 Å². The predicted octanol–water partition coefficient (Wildman–Crippen LogP) is 1.08. The number of hydrogen-bond donors (Lipinski definition) is 1. The van der Waals surface area contributed by atoms with E-state index in [0.717, 1.165) is 12.8 Å². The van der Waals surface area contributed by atoms with Gasteiger partial charge in [-0.05, 0) is 12.8 Å². The van der Waals surface area contributed by atoms with Crippen LogP contribution in [0, 0.1) is 5.92 Å². The van der Waals surface area contributed by atoms with Crippen molar-refractivity contribution in [2.24, 2.45) is 11.7 Å². The van der Waals surface area contributed by atoms with E-state index in [2.05, 4.69) is 0 Å². The minimum atomic E-state index is -0.109. The number of carbonyl (C=O) groups is 1. The standard InChI is InChI=1S/C6H11NO.ClH/c7-6(8)5-3-1-2-4-5;/h5H,1-4H2,(H2,7,8);1H. The molecule has 0 aromatic heterocycles. The zero-order chi connectivity index (χ0) is 5.98. The maximum absolute atomic E-state index is 10.4. The summed E-state index contributed by atoms with van der Waals surface area (Å²) in [5.41, 5.74) is 5.06. The minimum Gasteiger partial charge on any atom is -0.369 e. The highest BCUT2D eigenvalue weighted by atomic mass is 35.5. The third kappa shape index (κ3) is 2.22. The van der Waals surface area contributed by atoms with Crippen LogP contribution in [0.4, 0.5) is 0 Å². The van der Waals surface area contributed by atoms with Gasteiger partial charge in [0, 0.05) is 5.92 Å². The number of primary amides is 1. The lowest BCUT2D eigenvalue weighted by molar-refractivity contribution is -0.121. The fourth-order valence-corrected chi connectivity index (χ4v) is 1.21. The van der Waals surface area contributed by atoms with Crippen LogP contribution in [-0.2, 0) is 4.79 Å². The summed E-state index contributed by atoms with van der Waals surface area (Å²) < 4.78 is 0. The Labute approximate surface area is 61.2 Å². The first-order valence-electron chi connectivity index (χ1n) is 3.10. The molecule has 2 nitrogen and oxygen atoms in total. The summed E-state index contributed by atoms with van der Waals surface area (Å²) in [5, 5.41) is 0. The van der Waals surface area contributed by atoms with E-state index in [1.807, 2.05) is 0 Å². The van der Waals surface area contributed by atoms with Gasteiger partial charge in [0.15, 0.2) is 0 Å². The smallest absolute Gasteiger partial charge is 0.220 e. The van der Waals surface area contributed by atoms with Gasteiger partial charge in [-0.25, -0.2) is 0 Å². The van der Waals surface area contributed by atoms with Crippen LogP contribution in [0.1, 0.15) is 25.7 Å². The molecule has 1 saturated carbocycles. The number of amides is 1. The van der Waals surface area contributed by atoms with Gasteiger partial charge >= 0.3 is 0 Å². The van der Waals surface area contributed by atoms with Gasteiger partial charge in [0.05, 0.1) is 0 Å². The third-order valence-electron chi connectivity index (χ3n) is 1.76. The second-order valence-corrected chi connectivity index (χ2v) is 2.38. The van der Waals surface area contributed by atoms with E-state index in [-0.39, 0.29) is 24.2 Å². The van der Waals surface area contributed by atoms with E-state index in [1.54, 1.807) is 0 Å². The highest BCUT2D eigenvalue weighted by Crippen LogP contribution is 2.23. The average Bonchev–Trinajstić information content (AvgIpc) is 2.12. The summed E-state index contributed by atoms with van der Waals surface area (Å²) in [6.07, 6.45) is 4.42. The van der Waals surface area contributed by atoms with Crippen molar-refractivity contribution in [2.45, 2.75) is 25.7 Å². The van der Waals surface area contributed by atoms with E-state index in [0.29, 0.717) is 0 Å². The number of carbonyl (C=O) groups excluding carboxylic acids is 1. The molecule has 0 bridgehead atoms. The molecule has 0 aromatic rings. The van der Waals surface area contributed by atoms with E-state index in [1.165, 1.54) is 12.8 Å². The summed E-state index contributed by atoms with van der Waals surface area (Å²) in [5.74, 6) is 0.0949. The van der Waals surface area contributed by atoms with Crippen molar-refractivity contribution in [3.63, 3.8) is 0 Å². The Hall–Kier alpha value is -0.240. The molecule has 3 heteroatoms. The van der Waals surface area contributed by atoms with Crippen molar-refractivity contribution in [3.05, 3.63) is 0 Å². The van der Waals surface area contributed by atoms with Crippen molar-refractivity contribution < 1.29 is 4.79 Å². The second-order valence-electron chi connectivity index (χ2n) is 2.38. The van der Waals surface area contributed by atoms with Crippen molar-refractivity contribution >= 4 is 18.3 Å². The van der Waals surface area contributed by atoms with Gasteiger partial charge in [0.25, 0.3) is 0 Å². The molecule has 1 fully saturated rings. The zero-order valence-electron chi connectivity index (χ0n) is 5.30. The van der Waals surface area contributed by atoms with Gasteiger partial charge in [0.1, 0.15) is 0 Å². The fraction of sp³-hybridized carbons (Fsp3) is 0.833. The number of halogens is 1. The van der Waals surface area contributed by atoms with Gasteiger partial charge < -0.3 is 5.73 Å². The first-order chi connectivity index (χ1) is 3.80. The molecule has 0 heterocycles. The maximum Gasteiger partial charge on any atom is 0.220 e. The molecule has 0 aliphatic heterocycles. The molecular formula is C6H12ClNO. The molecule has 1 aliphatic rings. The lowest BCUT2D eigenvalue weighted by Crippen LogP contribution is -2.19. The fourth-order valence-electron chi connectivity index (χ4n) is 1.21. The Bertz CT molecular complexity index is 99.2. The molecule has 0 radical (unpaired) electrons. The normalized spacial score (nSPS) is 19.1. The van der Waals surface area contributed by atoms with Crippen LogP contribution in [0.2, 0.25) is 0 Å². The Kier molecular flexibility index (Phi) is 3.62. The molecule has 1 aliphatic carbocycles. The van der Waals surface area contributed by atoms with Crippen molar-refractivity contribution in [3.8, 4) is 0 Å². The van der Waals surface area contributed by atoms with Crippen LogP contribution in [0.25, 0.3) is 0 Å². The van der Waals surface area contributed by atoms with Crippen LogP contribution < -0.4 is 5.73 Å². The number of nitrogens with two attached hydrogens (primary N) is 1. The SMILES string of the molecule is Cl.NC(=O)C1CCCC1. The first kappa shape index (κ1) is 8.76. The van der Waals surface area contributed by atoms with Gasteiger partial charge in [-0.2, -0.15) is 0 Å². The Balaban J connectivity index is 0.000000640. The predicted molar refractivity (Wildman–Crippen MR) is 38.4 cm³/mol. The summed E-state index contributed by atoms with van der Waals surface area (Å²) in [4.78, 5) is 10.4. The summed E-state index contributed by atoms with van der Waals surface area (Å²) in [6, 6.07) is 0. The van der Waals surface area contributed by atoms with Crippen molar-refractivity contribution in [1.29, 1.82) is 0 Å². The molecule has 0 unspecified atom stereocenters. The molecule has 0 spiro atoms. The van der Waals surface area contributed by atoms with Crippen LogP contribution in [0.15, 0.2) is 0 Å². The summed E-state index contributed by atoms with van der Waals surface area (Å²) >= 11 is 0. The molecule has 0 saturated heterocycles. The summed E-state index contributed by atoms with van der Waals surface area (Å²) in [6.45, 7) is 0. The van der Waals surface area contributed by atoms with E-state index in [9.17, 15) is 4.79 Å². The van der Waals surface area contributed by atoms with Crippen LogP contribution >= 0.6 is 12.4 Å². The number of hydrogen-bond acceptors (Lipinski definition) is 1. The lowest BCUT2D eigenvalue weighted by Gasteiger charge is -1.98. The quantitative estimate of drug-likeness (QED) is 0.596. The van der Waals surface area contributed by atoms with Crippen LogP contribution in [0.3, 0.4) is 0 Å². The Morgan fingerprint density at radius 2 is 1.78 bits per heavy atom. The summed E-state index contributed by atoms with van der Waals surface area (Å²) in [7, 11) is 0. The second kappa shape index (κ2) is 3.72. The van der Waals surface area contributed by atoms with Gasteiger partial charge in [-0.1, -0.05) is 12.8 Å². The average molecular weight is 150 g/mol. The van der Waals surface area contributed by atoms with E-state index >= 15 is 0 Å². The maximum atomic E-state index is 10.4. The van der Waals surface area contributed by atoms with Crippen LogP contribution in [0.5, 0.6) is 0 Å². The molecule has 1 amide bonds. The first-order valence-corrected chi connectivity index (χ1v) is 3.10. The lowest BCUT2D eigenvalue weighted by atomic mass is 10.1. The Morgan fingerprint density at radius 1 is 1.33 bits per heavy atom. The molecule has 0 atom stereocenters. The topological polar surface area (TPSA) is 43.1 Å². The molecule has 54 valence electrons. The largest absolute Gasteiger partial charge is 0.369 e. The van der Waals surface area contributed by atoms with Gasteiger partial charge in [-0.3, -0.25) is 4.79 Å². The van der Waals surface area contributed by atoms with Crippen molar-refractivity contribution in [2.75, 3.05) is 0 Å².